The number of hydrogen-bond donors (Lipinski definition) is 1. The van der Waals surface area contributed by atoms with Crippen molar-refractivity contribution in [3.8, 4) is 5.88 Å². The summed E-state index contributed by atoms with van der Waals surface area (Å²) in [4.78, 5) is 9.14. The maximum atomic E-state index is 6.25. The first-order valence-corrected chi connectivity index (χ1v) is 11.0. The fraction of sp³-hybridized carbons (Fsp3) is 0.600. The van der Waals surface area contributed by atoms with Crippen LogP contribution in [-0.2, 0) is 17.7 Å². The van der Waals surface area contributed by atoms with Crippen LogP contribution in [0.2, 0.25) is 5.15 Å². The van der Waals surface area contributed by atoms with Crippen molar-refractivity contribution in [2.24, 2.45) is 0 Å². The molecule has 0 spiro atoms. The Morgan fingerprint density at radius 3 is 2.87 bits per heavy atom. The molecule has 1 aliphatic heterocycles. The van der Waals surface area contributed by atoms with Crippen LogP contribution in [0, 0.1) is 0 Å². The van der Waals surface area contributed by atoms with Gasteiger partial charge in [0.2, 0.25) is 5.95 Å². The standard InChI is InChI=1S/C20H26ClN7O2/c1-3-15-16-19(26-28(15)12-5-7-13(29-2)8-6-12)30-10-4-9-27-18-14(17(21)25-27)11-22-20(23-16)24-18/h11-13H,3-10H2,1-2H3,(H,22,23,24)/t12-,13-. The summed E-state index contributed by atoms with van der Waals surface area (Å²) in [5.41, 5.74) is 2.69. The van der Waals surface area contributed by atoms with Gasteiger partial charge in [0.05, 0.1) is 29.8 Å². The molecule has 3 aromatic rings. The molecule has 3 aromatic heterocycles. The molecular weight excluding hydrogens is 406 g/mol. The maximum absolute atomic E-state index is 6.25. The van der Waals surface area contributed by atoms with Gasteiger partial charge >= 0.3 is 0 Å². The third kappa shape index (κ3) is 3.39. The van der Waals surface area contributed by atoms with Crippen LogP contribution in [0.3, 0.4) is 0 Å². The molecule has 0 saturated heterocycles. The van der Waals surface area contributed by atoms with Crippen LogP contribution < -0.4 is 10.1 Å². The highest BCUT2D eigenvalue weighted by atomic mass is 35.5. The maximum Gasteiger partial charge on any atom is 0.257 e. The zero-order valence-electron chi connectivity index (χ0n) is 17.3. The van der Waals surface area contributed by atoms with Crippen LogP contribution in [0.5, 0.6) is 5.88 Å². The number of methoxy groups -OCH3 is 1. The van der Waals surface area contributed by atoms with Crippen LogP contribution in [0.25, 0.3) is 11.0 Å². The molecule has 0 amide bonds. The number of fused-ring (bicyclic) bond motifs is 2. The van der Waals surface area contributed by atoms with E-state index in [1.165, 1.54) is 0 Å². The fourth-order valence-electron chi connectivity index (χ4n) is 4.47. The molecule has 1 N–H and O–H groups in total. The van der Waals surface area contributed by atoms with Crippen molar-refractivity contribution >= 4 is 34.3 Å². The highest BCUT2D eigenvalue weighted by molar-refractivity contribution is 6.34. The van der Waals surface area contributed by atoms with Gasteiger partial charge < -0.3 is 14.8 Å². The number of ether oxygens (including phenoxy) is 2. The Bertz CT molecular complexity index is 1060. The summed E-state index contributed by atoms with van der Waals surface area (Å²) in [5.74, 6) is 1.10. The lowest BCUT2D eigenvalue weighted by Crippen LogP contribution is -2.24. The van der Waals surface area contributed by atoms with Gasteiger partial charge in [-0.15, -0.1) is 5.10 Å². The average molecular weight is 432 g/mol. The average Bonchev–Trinajstić information content (AvgIpc) is 3.27. The predicted octanol–water partition coefficient (Wildman–Crippen LogP) is 3.89. The number of halogens is 1. The minimum Gasteiger partial charge on any atom is -0.475 e. The van der Waals surface area contributed by atoms with Crippen LogP contribution in [-0.4, -0.2) is 49.3 Å². The van der Waals surface area contributed by atoms with Gasteiger partial charge in [0, 0.05) is 26.3 Å². The number of aryl methyl sites for hydroxylation is 1. The molecule has 160 valence electrons. The third-order valence-electron chi connectivity index (χ3n) is 6.07. The number of rotatable bonds is 3. The molecule has 30 heavy (non-hydrogen) atoms. The molecular formula is C20H26ClN7O2. The molecule has 1 aliphatic carbocycles. The van der Waals surface area contributed by atoms with Crippen molar-refractivity contribution < 1.29 is 9.47 Å². The van der Waals surface area contributed by atoms with Crippen molar-refractivity contribution in [1.82, 2.24) is 29.5 Å². The van der Waals surface area contributed by atoms with E-state index in [1.807, 2.05) is 4.68 Å². The lowest BCUT2D eigenvalue weighted by molar-refractivity contribution is 0.0562. The van der Waals surface area contributed by atoms with Crippen LogP contribution in [0.4, 0.5) is 11.6 Å². The van der Waals surface area contributed by atoms with Crippen LogP contribution in [0.15, 0.2) is 6.20 Å². The highest BCUT2D eigenvalue weighted by Gasteiger charge is 2.28. The molecule has 2 aliphatic rings. The van der Waals surface area contributed by atoms with E-state index in [9.17, 15) is 0 Å². The zero-order valence-corrected chi connectivity index (χ0v) is 18.0. The predicted molar refractivity (Wildman–Crippen MR) is 114 cm³/mol. The van der Waals surface area contributed by atoms with Gasteiger partial charge in [-0.05, 0) is 32.1 Å². The second-order valence-corrected chi connectivity index (χ2v) is 8.22. The quantitative estimate of drug-likeness (QED) is 0.672. The summed E-state index contributed by atoms with van der Waals surface area (Å²) < 4.78 is 15.6. The van der Waals surface area contributed by atoms with E-state index in [4.69, 9.17) is 26.2 Å². The van der Waals surface area contributed by atoms with Crippen molar-refractivity contribution in [3.05, 3.63) is 17.0 Å². The monoisotopic (exact) mass is 431 g/mol. The molecule has 9 nitrogen and oxygen atoms in total. The SMILES string of the molecule is CCc1c2c(nn1[C@H]1CC[C@H](OC)CC1)OCCCn1nc(Cl)c3cnc(nc31)N2. The number of nitrogens with zero attached hydrogens (tertiary/aromatic N) is 6. The van der Waals surface area contributed by atoms with Gasteiger partial charge in [0.15, 0.2) is 10.8 Å². The second-order valence-electron chi connectivity index (χ2n) is 7.86. The topological polar surface area (TPSA) is 91.9 Å². The van der Waals surface area contributed by atoms with Gasteiger partial charge in [-0.3, -0.25) is 4.68 Å². The van der Waals surface area contributed by atoms with Crippen LogP contribution >= 0.6 is 11.6 Å². The smallest absolute Gasteiger partial charge is 0.257 e. The van der Waals surface area contributed by atoms with E-state index >= 15 is 0 Å². The minimum atomic E-state index is 0.348. The molecule has 1 fully saturated rings. The van der Waals surface area contributed by atoms with E-state index in [0.717, 1.165) is 60.9 Å². The fourth-order valence-corrected chi connectivity index (χ4v) is 4.70. The van der Waals surface area contributed by atoms with Crippen LogP contribution in [0.1, 0.15) is 50.8 Å². The first-order chi connectivity index (χ1) is 14.7. The molecule has 4 heterocycles. The zero-order chi connectivity index (χ0) is 20.7. The Kier molecular flexibility index (Phi) is 5.24. The van der Waals surface area contributed by atoms with Crippen molar-refractivity contribution in [3.63, 3.8) is 0 Å². The van der Waals surface area contributed by atoms with Gasteiger partial charge in [-0.1, -0.05) is 18.5 Å². The summed E-state index contributed by atoms with van der Waals surface area (Å²) in [7, 11) is 1.80. The second kappa shape index (κ2) is 8.03. The van der Waals surface area contributed by atoms with E-state index < -0.39 is 0 Å². The number of hydrogen-bond acceptors (Lipinski definition) is 7. The normalized spacial score (nSPS) is 21.7. The molecule has 0 aromatic carbocycles. The van der Waals surface area contributed by atoms with Gasteiger partial charge in [0.25, 0.3) is 5.88 Å². The Labute approximate surface area is 179 Å². The van der Waals surface area contributed by atoms with Gasteiger partial charge in [-0.2, -0.15) is 10.1 Å². The van der Waals surface area contributed by atoms with E-state index in [0.29, 0.717) is 42.3 Å². The Morgan fingerprint density at radius 1 is 1.27 bits per heavy atom. The molecule has 10 heteroatoms. The van der Waals surface area contributed by atoms with Crippen molar-refractivity contribution in [2.45, 2.75) is 64.1 Å². The summed E-state index contributed by atoms with van der Waals surface area (Å²) in [6.45, 7) is 3.34. The van der Waals surface area contributed by atoms with E-state index in [-0.39, 0.29) is 0 Å². The molecule has 1 saturated carbocycles. The first-order valence-electron chi connectivity index (χ1n) is 10.6. The van der Waals surface area contributed by atoms with E-state index in [2.05, 4.69) is 32.0 Å². The number of aromatic nitrogens is 6. The largest absolute Gasteiger partial charge is 0.475 e. The Balaban J connectivity index is 1.53. The van der Waals surface area contributed by atoms with Crippen molar-refractivity contribution in [1.29, 1.82) is 0 Å². The molecule has 2 bridgehead atoms. The minimum absolute atomic E-state index is 0.348. The summed E-state index contributed by atoms with van der Waals surface area (Å²) in [6.07, 6.45) is 7.87. The van der Waals surface area contributed by atoms with Crippen molar-refractivity contribution in [2.75, 3.05) is 19.0 Å². The molecule has 0 atom stereocenters. The van der Waals surface area contributed by atoms with Gasteiger partial charge in [0.1, 0.15) is 5.69 Å². The molecule has 5 rings (SSSR count). The summed E-state index contributed by atoms with van der Waals surface area (Å²) in [5, 5.41) is 13.8. The number of nitrogens with one attached hydrogen (secondary N) is 1. The lowest BCUT2D eigenvalue weighted by Gasteiger charge is -2.28. The van der Waals surface area contributed by atoms with Gasteiger partial charge in [-0.25, -0.2) is 9.67 Å². The summed E-state index contributed by atoms with van der Waals surface area (Å²) >= 11 is 6.25. The Hall–Kier alpha value is -2.39. The molecule has 0 radical (unpaired) electrons. The first kappa shape index (κ1) is 19.6. The highest BCUT2D eigenvalue weighted by Crippen LogP contribution is 2.38. The summed E-state index contributed by atoms with van der Waals surface area (Å²) in [6, 6.07) is 0.348. The lowest BCUT2D eigenvalue weighted by atomic mass is 9.93. The third-order valence-corrected chi connectivity index (χ3v) is 6.35. The Morgan fingerprint density at radius 2 is 2.10 bits per heavy atom. The number of anilines is 2. The molecule has 0 unspecified atom stereocenters. The van der Waals surface area contributed by atoms with E-state index in [1.54, 1.807) is 13.3 Å².